The molecule has 2 rings (SSSR count). The summed E-state index contributed by atoms with van der Waals surface area (Å²) in [7, 11) is -1.60. The summed E-state index contributed by atoms with van der Waals surface area (Å²) in [5.41, 5.74) is 0.693. The fourth-order valence-electron chi connectivity index (χ4n) is 1.45. The quantitative estimate of drug-likeness (QED) is 0.449. The zero-order valence-corrected chi connectivity index (χ0v) is 9.42. The summed E-state index contributed by atoms with van der Waals surface area (Å²) in [6.07, 6.45) is 0. The van der Waals surface area contributed by atoms with Gasteiger partial charge in [-0.1, -0.05) is 0 Å². The van der Waals surface area contributed by atoms with Gasteiger partial charge in [0, 0.05) is 12.0 Å². The van der Waals surface area contributed by atoms with Gasteiger partial charge >= 0.3 is 7.12 Å². The predicted octanol–water partition coefficient (Wildman–Crippen LogP) is 0.485. The lowest BCUT2D eigenvalue weighted by Gasteiger charge is -2.04. The lowest BCUT2D eigenvalue weighted by molar-refractivity contribution is 0.0225. The van der Waals surface area contributed by atoms with Crippen molar-refractivity contribution in [1.29, 1.82) is 0 Å². The molecule has 5 nitrogen and oxygen atoms in total. The Morgan fingerprint density at radius 1 is 1.29 bits per heavy atom. The Morgan fingerprint density at radius 3 is 2.82 bits per heavy atom. The Bertz CT molecular complexity index is 494. The fourth-order valence-corrected chi connectivity index (χ4v) is 1.45. The van der Waals surface area contributed by atoms with Crippen LogP contribution in [0.1, 0.15) is 6.92 Å². The molecule has 0 saturated carbocycles. The van der Waals surface area contributed by atoms with Gasteiger partial charge in [0.2, 0.25) is 0 Å². The van der Waals surface area contributed by atoms with E-state index in [0.29, 0.717) is 17.9 Å². The maximum absolute atomic E-state index is 8.98. The van der Waals surface area contributed by atoms with Crippen LogP contribution < -0.4 is 10.4 Å². The Balaban J connectivity index is 2.18. The molecule has 1 heterocycles. The second kappa shape index (κ2) is 5.22. The van der Waals surface area contributed by atoms with Gasteiger partial charge in [0.15, 0.2) is 6.79 Å². The van der Waals surface area contributed by atoms with E-state index in [2.05, 4.69) is 0 Å². The summed E-state index contributed by atoms with van der Waals surface area (Å²) in [6, 6.07) is 6.76. The summed E-state index contributed by atoms with van der Waals surface area (Å²) in [5.74, 6) is 0.644. The van der Waals surface area contributed by atoms with Crippen LogP contribution in [0.5, 0.6) is 5.75 Å². The number of furan rings is 1. The second-order valence-corrected chi connectivity index (χ2v) is 3.48. The van der Waals surface area contributed by atoms with Crippen LogP contribution in [0.3, 0.4) is 0 Å². The number of hydrogen-bond donors (Lipinski definition) is 2. The largest absolute Gasteiger partial charge is 0.526 e. The maximum atomic E-state index is 8.98. The third kappa shape index (κ3) is 2.79. The van der Waals surface area contributed by atoms with E-state index in [-0.39, 0.29) is 12.5 Å². The van der Waals surface area contributed by atoms with Crippen molar-refractivity contribution < 1.29 is 23.9 Å². The van der Waals surface area contributed by atoms with Crippen molar-refractivity contribution in [3.63, 3.8) is 0 Å². The van der Waals surface area contributed by atoms with E-state index in [1.807, 2.05) is 6.92 Å². The summed E-state index contributed by atoms with van der Waals surface area (Å²) < 4.78 is 15.6. The van der Waals surface area contributed by atoms with E-state index < -0.39 is 7.12 Å². The molecule has 0 aliphatic rings. The van der Waals surface area contributed by atoms with E-state index >= 15 is 0 Å². The van der Waals surface area contributed by atoms with Gasteiger partial charge in [-0.05, 0) is 31.2 Å². The first-order chi connectivity index (χ1) is 8.20. The molecular formula is C11H13BO5. The first-order valence-electron chi connectivity index (χ1n) is 5.31. The highest BCUT2D eigenvalue weighted by Crippen LogP contribution is 2.20. The second-order valence-electron chi connectivity index (χ2n) is 3.48. The van der Waals surface area contributed by atoms with Gasteiger partial charge in [0.25, 0.3) is 0 Å². The standard InChI is InChI=1S/C11H13BO5/c1-2-15-7-16-9-3-4-10-8(5-9)6-11(17-10)12(13)14/h3-6,13-14H,2,7H2,1H3. The lowest BCUT2D eigenvalue weighted by Crippen LogP contribution is -2.27. The monoisotopic (exact) mass is 236 g/mol. The Kier molecular flexibility index (Phi) is 3.68. The van der Waals surface area contributed by atoms with Gasteiger partial charge in [0.1, 0.15) is 17.0 Å². The molecule has 0 aliphatic carbocycles. The molecule has 0 spiro atoms. The molecule has 2 N–H and O–H groups in total. The summed E-state index contributed by atoms with van der Waals surface area (Å²) in [6.45, 7) is 2.67. The molecule has 1 aromatic heterocycles. The van der Waals surface area contributed by atoms with Crippen molar-refractivity contribution in [3.05, 3.63) is 24.3 Å². The highest BCUT2D eigenvalue weighted by atomic mass is 16.7. The SMILES string of the molecule is CCOCOc1ccc2oc(B(O)O)cc2c1. The van der Waals surface area contributed by atoms with Gasteiger partial charge < -0.3 is 23.9 Å². The van der Waals surface area contributed by atoms with Crippen molar-refractivity contribution >= 4 is 23.7 Å². The van der Waals surface area contributed by atoms with Gasteiger partial charge in [-0.2, -0.15) is 0 Å². The van der Waals surface area contributed by atoms with Crippen molar-refractivity contribution in [3.8, 4) is 5.75 Å². The smallest absolute Gasteiger partial charge is 0.468 e. The van der Waals surface area contributed by atoms with Gasteiger partial charge in [-0.3, -0.25) is 0 Å². The molecule has 0 aliphatic heterocycles. The Morgan fingerprint density at radius 2 is 2.12 bits per heavy atom. The number of ether oxygens (including phenoxy) is 2. The normalized spacial score (nSPS) is 10.8. The van der Waals surface area contributed by atoms with Crippen LogP contribution in [-0.4, -0.2) is 30.6 Å². The van der Waals surface area contributed by atoms with Crippen molar-refractivity contribution in [2.24, 2.45) is 0 Å². The third-order valence-electron chi connectivity index (χ3n) is 2.27. The molecule has 1 aromatic carbocycles. The molecule has 0 bridgehead atoms. The summed E-state index contributed by atoms with van der Waals surface area (Å²) in [5, 5.41) is 18.7. The van der Waals surface area contributed by atoms with Crippen LogP contribution in [0.4, 0.5) is 0 Å². The van der Waals surface area contributed by atoms with Crippen molar-refractivity contribution in [2.45, 2.75) is 6.92 Å². The molecule has 0 unspecified atom stereocenters. The summed E-state index contributed by atoms with van der Waals surface area (Å²) in [4.78, 5) is 0. The average Bonchev–Trinajstić information content (AvgIpc) is 2.72. The lowest BCUT2D eigenvalue weighted by atomic mass is 9.88. The fraction of sp³-hybridized carbons (Fsp3) is 0.273. The van der Waals surface area contributed by atoms with E-state index in [1.165, 1.54) is 0 Å². The minimum Gasteiger partial charge on any atom is -0.468 e. The highest BCUT2D eigenvalue weighted by molar-refractivity contribution is 6.57. The van der Waals surface area contributed by atoms with Crippen LogP contribution in [-0.2, 0) is 4.74 Å². The number of benzene rings is 1. The van der Waals surface area contributed by atoms with Gasteiger partial charge in [-0.15, -0.1) is 0 Å². The zero-order chi connectivity index (χ0) is 12.3. The minimum absolute atomic E-state index is 0.113. The van der Waals surface area contributed by atoms with Gasteiger partial charge in [-0.25, -0.2) is 0 Å². The maximum Gasteiger partial charge on any atom is 0.526 e. The molecular weight excluding hydrogens is 223 g/mol. The molecule has 0 radical (unpaired) electrons. The van der Waals surface area contributed by atoms with Crippen LogP contribution in [0.2, 0.25) is 0 Å². The van der Waals surface area contributed by atoms with E-state index in [4.69, 9.17) is 23.9 Å². The molecule has 0 amide bonds. The van der Waals surface area contributed by atoms with Crippen LogP contribution in [0.15, 0.2) is 28.7 Å². The van der Waals surface area contributed by atoms with Crippen LogP contribution >= 0.6 is 0 Å². The molecule has 2 aromatic rings. The number of rotatable bonds is 5. The first-order valence-corrected chi connectivity index (χ1v) is 5.31. The molecule has 0 atom stereocenters. The molecule has 17 heavy (non-hydrogen) atoms. The first kappa shape index (κ1) is 12.0. The third-order valence-corrected chi connectivity index (χ3v) is 2.27. The van der Waals surface area contributed by atoms with Crippen LogP contribution in [0, 0.1) is 0 Å². The van der Waals surface area contributed by atoms with E-state index in [9.17, 15) is 0 Å². The average molecular weight is 236 g/mol. The van der Waals surface area contributed by atoms with Crippen molar-refractivity contribution in [2.75, 3.05) is 13.4 Å². The summed E-state index contributed by atoms with van der Waals surface area (Å²) >= 11 is 0. The topological polar surface area (TPSA) is 72.1 Å². The Hall–Kier alpha value is -1.50. The van der Waals surface area contributed by atoms with E-state index in [0.717, 1.165) is 5.39 Å². The highest BCUT2D eigenvalue weighted by Gasteiger charge is 2.17. The molecule has 0 saturated heterocycles. The van der Waals surface area contributed by atoms with Crippen LogP contribution in [0.25, 0.3) is 11.0 Å². The zero-order valence-electron chi connectivity index (χ0n) is 9.42. The predicted molar refractivity (Wildman–Crippen MR) is 63.2 cm³/mol. The minimum atomic E-state index is -1.60. The van der Waals surface area contributed by atoms with E-state index in [1.54, 1.807) is 24.3 Å². The number of fused-ring (bicyclic) bond motifs is 1. The molecule has 6 heteroatoms. The molecule has 90 valence electrons. The Labute approximate surface area is 98.7 Å². The van der Waals surface area contributed by atoms with Crippen molar-refractivity contribution in [1.82, 2.24) is 0 Å². The molecule has 0 fully saturated rings. The number of hydrogen-bond acceptors (Lipinski definition) is 5. The van der Waals surface area contributed by atoms with Gasteiger partial charge in [0.05, 0.1) is 0 Å².